The summed E-state index contributed by atoms with van der Waals surface area (Å²) in [6, 6.07) is 5.08. The van der Waals surface area contributed by atoms with Crippen LogP contribution in [-0.2, 0) is 4.79 Å². The molecule has 4 N–H and O–H groups in total. The van der Waals surface area contributed by atoms with Crippen molar-refractivity contribution in [2.75, 3.05) is 25.0 Å². The molecule has 1 heterocycles. The van der Waals surface area contributed by atoms with Gasteiger partial charge in [0.1, 0.15) is 5.82 Å². The number of carbonyl (C=O) groups is 2. The van der Waals surface area contributed by atoms with Crippen LogP contribution in [0, 0.1) is 11.7 Å². The highest BCUT2D eigenvalue weighted by Crippen LogP contribution is 2.18. The highest BCUT2D eigenvalue weighted by Gasteiger charge is 2.26. The summed E-state index contributed by atoms with van der Waals surface area (Å²) in [4.78, 5) is 25.2. The average molecular weight is 322 g/mol. The standard InChI is InChI=1S/C16H23FN4O2/c1-11(15(18)22)21-7-3-4-12(10-21)9-19-16(23)20-14-6-2-5-13(17)8-14/h2,5-6,8,11-12H,3-4,7,9-10H2,1H3,(H2,18,22)(H2,19,20,23)/t11-,12-/m1/s1. The van der Waals surface area contributed by atoms with E-state index in [2.05, 4.69) is 10.6 Å². The first-order chi connectivity index (χ1) is 11.0. The number of halogens is 1. The topological polar surface area (TPSA) is 87.5 Å². The van der Waals surface area contributed by atoms with E-state index < -0.39 is 5.82 Å². The Morgan fingerprint density at radius 1 is 1.48 bits per heavy atom. The Bertz CT molecular complexity index is 567. The lowest BCUT2D eigenvalue weighted by Crippen LogP contribution is -2.49. The molecule has 0 saturated carbocycles. The normalized spacial score (nSPS) is 19.8. The van der Waals surface area contributed by atoms with E-state index in [1.807, 2.05) is 4.90 Å². The fraction of sp³-hybridized carbons (Fsp3) is 0.500. The van der Waals surface area contributed by atoms with E-state index >= 15 is 0 Å². The number of piperidine rings is 1. The molecule has 6 nitrogen and oxygen atoms in total. The number of hydrogen-bond donors (Lipinski definition) is 3. The second-order valence-corrected chi connectivity index (χ2v) is 5.93. The average Bonchev–Trinajstić information content (AvgIpc) is 2.52. The molecule has 7 heteroatoms. The third-order valence-electron chi connectivity index (χ3n) is 4.14. The molecule has 0 radical (unpaired) electrons. The lowest BCUT2D eigenvalue weighted by Gasteiger charge is -2.35. The molecule has 2 atom stereocenters. The number of nitrogens with two attached hydrogens (primary N) is 1. The molecule has 3 amide bonds. The Labute approximate surface area is 135 Å². The van der Waals surface area contributed by atoms with Gasteiger partial charge in [0.15, 0.2) is 0 Å². The van der Waals surface area contributed by atoms with Crippen LogP contribution < -0.4 is 16.4 Å². The molecule has 2 rings (SSSR count). The van der Waals surface area contributed by atoms with Crippen LogP contribution in [-0.4, -0.2) is 42.5 Å². The summed E-state index contributed by atoms with van der Waals surface area (Å²) < 4.78 is 13.1. The number of anilines is 1. The van der Waals surface area contributed by atoms with Crippen LogP contribution in [0.2, 0.25) is 0 Å². The summed E-state index contributed by atoms with van der Waals surface area (Å²) in [6.07, 6.45) is 1.96. The van der Waals surface area contributed by atoms with Gasteiger partial charge in [0.25, 0.3) is 0 Å². The van der Waals surface area contributed by atoms with Crippen LogP contribution >= 0.6 is 0 Å². The second-order valence-electron chi connectivity index (χ2n) is 5.93. The molecule has 23 heavy (non-hydrogen) atoms. The number of nitrogens with one attached hydrogen (secondary N) is 2. The molecule has 1 aliphatic rings. The van der Waals surface area contributed by atoms with Crippen molar-refractivity contribution in [1.82, 2.24) is 10.2 Å². The summed E-state index contributed by atoms with van der Waals surface area (Å²) in [6.45, 7) is 3.87. The van der Waals surface area contributed by atoms with Crippen molar-refractivity contribution < 1.29 is 14.0 Å². The molecule has 0 spiro atoms. The quantitative estimate of drug-likeness (QED) is 0.768. The zero-order valence-corrected chi connectivity index (χ0v) is 13.2. The predicted molar refractivity (Wildman–Crippen MR) is 86.4 cm³/mol. The summed E-state index contributed by atoms with van der Waals surface area (Å²) in [5.74, 6) is -0.461. The zero-order chi connectivity index (χ0) is 16.8. The van der Waals surface area contributed by atoms with Crippen molar-refractivity contribution in [2.45, 2.75) is 25.8 Å². The van der Waals surface area contributed by atoms with E-state index in [4.69, 9.17) is 5.73 Å². The van der Waals surface area contributed by atoms with Gasteiger partial charge in [0.2, 0.25) is 5.91 Å². The molecule has 1 aromatic rings. The highest BCUT2D eigenvalue weighted by atomic mass is 19.1. The molecule has 0 bridgehead atoms. The maximum Gasteiger partial charge on any atom is 0.319 e. The van der Waals surface area contributed by atoms with Gasteiger partial charge in [-0.2, -0.15) is 0 Å². The van der Waals surface area contributed by atoms with Gasteiger partial charge >= 0.3 is 6.03 Å². The fourth-order valence-electron chi connectivity index (χ4n) is 2.77. The number of benzene rings is 1. The van der Waals surface area contributed by atoms with Gasteiger partial charge in [0.05, 0.1) is 6.04 Å². The minimum atomic E-state index is -0.397. The zero-order valence-electron chi connectivity index (χ0n) is 13.2. The Hall–Kier alpha value is -2.15. The van der Waals surface area contributed by atoms with E-state index in [0.717, 1.165) is 25.9 Å². The van der Waals surface area contributed by atoms with Gasteiger partial charge in [-0.25, -0.2) is 9.18 Å². The van der Waals surface area contributed by atoms with Crippen molar-refractivity contribution in [3.05, 3.63) is 30.1 Å². The van der Waals surface area contributed by atoms with Crippen molar-refractivity contribution >= 4 is 17.6 Å². The summed E-state index contributed by atoms with van der Waals surface area (Å²) >= 11 is 0. The van der Waals surface area contributed by atoms with Gasteiger partial charge in [-0.15, -0.1) is 0 Å². The van der Waals surface area contributed by atoms with Crippen LogP contribution in [0.4, 0.5) is 14.9 Å². The maximum atomic E-state index is 13.1. The van der Waals surface area contributed by atoms with Crippen LogP contribution in [0.25, 0.3) is 0 Å². The van der Waals surface area contributed by atoms with Crippen LogP contribution in [0.15, 0.2) is 24.3 Å². The highest BCUT2D eigenvalue weighted by molar-refractivity contribution is 5.89. The first kappa shape index (κ1) is 17.2. The SMILES string of the molecule is C[C@H](C(N)=O)N1CCC[C@H](CNC(=O)Nc2cccc(F)c2)C1. The van der Waals surface area contributed by atoms with E-state index in [9.17, 15) is 14.0 Å². The van der Waals surface area contributed by atoms with Gasteiger partial charge in [-0.3, -0.25) is 9.69 Å². The number of rotatable bonds is 5. The lowest BCUT2D eigenvalue weighted by atomic mass is 9.96. The second kappa shape index (κ2) is 7.92. The van der Waals surface area contributed by atoms with Crippen molar-refractivity contribution in [3.8, 4) is 0 Å². The van der Waals surface area contributed by atoms with Gasteiger partial charge in [-0.05, 0) is 50.4 Å². The first-order valence-electron chi connectivity index (χ1n) is 7.79. The first-order valence-corrected chi connectivity index (χ1v) is 7.79. The molecule has 0 unspecified atom stereocenters. The Balaban J connectivity index is 1.78. The minimum Gasteiger partial charge on any atom is -0.368 e. The Kier molecular flexibility index (Phi) is 5.92. The predicted octanol–water partition coefficient (Wildman–Crippen LogP) is 1.53. The van der Waals surface area contributed by atoms with Crippen molar-refractivity contribution in [2.24, 2.45) is 11.7 Å². The number of primary amides is 1. The molecule has 1 aromatic carbocycles. The van der Waals surface area contributed by atoms with Crippen LogP contribution in [0.3, 0.4) is 0 Å². The molecule has 1 fully saturated rings. The number of amides is 3. The molecule has 1 aliphatic heterocycles. The Morgan fingerprint density at radius 3 is 2.96 bits per heavy atom. The van der Waals surface area contributed by atoms with Gasteiger partial charge in [0, 0.05) is 18.8 Å². The van der Waals surface area contributed by atoms with Crippen molar-refractivity contribution in [3.63, 3.8) is 0 Å². The van der Waals surface area contributed by atoms with Crippen LogP contribution in [0.5, 0.6) is 0 Å². The largest absolute Gasteiger partial charge is 0.368 e. The third kappa shape index (κ3) is 5.21. The summed E-state index contributed by atoms with van der Waals surface area (Å²) in [5.41, 5.74) is 5.75. The number of carbonyl (C=O) groups excluding carboxylic acids is 2. The molecular formula is C16H23FN4O2. The van der Waals surface area contributed by atoms with E-state index in [1.54, 1.807) is 13.0 Å². The molecule has 0 aliphatic carbocycles. The summed E-state index contributed by atoms with van der Waals surface area (Å²) in [7, 11) is 0. The van der Waals surface area contributed by atoms with Crippen molar-refractivity contribution in [1.29, 1.82) is 0 Å². The van der Waals surface area contributed by atoms with E-state index in [-0.39, 0.29) is 23.9 Å². The number of nitrogens with zero attached hydrogens (tertiary/aromatic N) is 1. The lowest BCUT2D eigenvalue weighted by molar-refractivity contribution is -0.123. The molecular weight excluding hydrogens is 299 g/mol. The summed E-state index contributed by atoms with van der Waals surface area (Å²) in [5, 5.41) is 5.39. The molecule has 126 valence electrons. The van der Waals surface area contributed by atoms with Gasteiger partial charge in [-0.1, -0.05) is 6.07 Å². The molecule has 0 aromatic heterocycles. The monoisotopic (exact) mass is 322 g/mol. The Morgan fingerprint density at radius 2 is 2.26 bits per heavy atom. The third-order valence-corrected chi connectivity index (χ3v) is 4.14. The number of hydrogen-bond acceptors (Lipinski definition) is 3. The van der Waals surface area contributed by atoms with E-state index in [0.29, 0.717) is 12.2 Å². The van der Waals surface area contributed by atoms with Crippen LogP contribution in [0.1, 0.15) is 19.8 Å². The fourth-order valence-corrected chi connectivity index (χ4v) is 2.77. The molecule has 1 saturated heterocycles. The van der Waals surface area contributed by atoms with E-state index in [1.165, 1.54) is 18.2 Å². The number of likely N-dealkylation sites (tertiary alicyclic amines) is 1. The minimum absolute atomic E-state index is 0.267. The maximum absolute atomic E-state index is 13.1. The number of urea groups is 1. The smallest absolute Gasteiger partial charge is 0.319 e. The van der Waals surface area contributed by atoms with Gasteiger partial charge < -0.3 is 16.4 Å².